The Labute approximate surface area is 90.3 Å². The van der Waals surface area contributed by atoms with Crippen LogP contribution in [0.15, 0.2) is 29.2 Å². The third-order valence-corrected chi connectivity index (χ3v) is 3.64. The van der Waals surface area contributed by atoms with E-state index in [1.54, 1.807) is 0 Å². The SMILES string of the molecule is CSc1ccccc1NC1CC(C)C1. The van der Waals surface area contributed by atoms with Gasteiger partial charge in [-0.1, -0.05) is 19.1 Å². The minimum Gasteiger partial charge on any atom is -0.381 e. The first-order valence-corrected chi connectivity index (χ1v) is 6.41. The summed E-state index contributed by atoms with van der Waals surface area (Å²) in [7, 11) is 0. The lowest BCUT2D eigenvalue weighted by molar-refractivity contribution is 0.309. The van der Waals surface area contributed by atoms with Gasteiger partial charge in [-0.05, 0) is 37.1 Å². The Kier molecular flexibility index (Phi) is 3.02. The molecule has 0 amide bonds. The first-order valence-electron chi connectivity index (χ1n) is 5.19. The van der Waals surface area contributed by atoms with Crippen LogP contribution in [0, 0.1) is 5.92 Å². The van der Waals surface area contributed by atoms with Crippen molar-refractivity contribution in [2.24, 2.45) is 5.92 Å². The summed E-state index contributed by atoms with van der Waals surface area (Å²) in [5.41, 5.74) is 1.30. The van der Waals surface area contributed by atoms with Crippen LogP contribution in [0.4, 0.5) is 5.69 Å². The zero-order valence-electron chi connectivity index (χ0n) is 8.79. The van der Waals surface area contributed by atoms with E-state index in [2.05, 4.69) is 42.8 Å². The highest BCUT2D eigenvalue weighted by Crippen LogP contribution is 2.32. The fourth-order valence-corrected chi connectivity index (χ4v) is 2.57. The largest absolute Gasteiger partial charge is 0.381 e. The second kappa shape index (κ2) is 4.26. The second-order valence-corrected chi connectivity index (χ2v) is 4.97. The molecule has 0 atom stereocenters. The molecule has 2 rings (SSSR count). The molecule has 1 aromatic rings. The van der Waals surface area contributed by atoms with Gasteiger partial charge in [-0.15, -0.1) is 11.8 Å². The molecule has 0 aromatic heterocycles. The lowest BCUT2D eigenvalue weighted by atomic mass is 9.82. The Morgan fingerprint density at radius 3 is 2.64 bits per heavy atom. The molecule has 1 N–H and O–H groups in total. The number of rotatable bonds is 3. The van der Waals surface area contributed by atoms with Crippen LogP contribution in [-0.4, -0.2) is 12.3 Å². The van der Waals surface area contributed by atoms with Crippen molar-refractivity contribution in [2.45, 2.75) is 30.7 Å². The summed E-state index contributed by atoms with van der Waals surface area (Å²) in [6.07, 6.45) is 4.77. The maximum absolute atomic E-state index is 3.61. The van der Waals surface area contributed by atoms with Crippen LogP contribution in [-0.2, 0) is 0 Å². The molecule has 1 nitrogen and oxygen atoms in total. The first kappa shape index (κ1) is 9.91. The van der Waals surface area contributed by atoms with Gasteiger partial charge in [-0.2, -0.15) is 0 Å². The molecule has 76 valence electrons. The summed E-state index contributed by atoms with van der Waals surface area (Å²) in [6, 6.07) is 9.26. The Hall–Kier alpha value is -0.630. The third-order valence-electron chi connectivity index (χ3n) is 2.84. The molecule has 2 heteroatoms. The second-order valence-electron chi connectivity index (χ2n) is 4.12. The standard InChI is InChI=1S/C12H17NS/c1-9-7-10(8-9)13-11-5-3-4-6-12(11)14-2/h3-6,9-10,13H,7-8H2,1-2H3. The Balaban J connectivity index is 2.01. The van der Waals surface area contributed by atoms with E-state index in [0.29, 0.717) is 6.04 Å². The normalized spacial score (nSPS) is 25.6. The number of thioether (sulfide) groups is 1. The number of para-hydroxylation sites is 1. The molecular formula is C12H17NS. The lowest BCUT2D eigenvalue weighted by Gasteiger charge is -2.34. The average Bonchev–Trinajstić information content (AvgIpc) is 2.16. The van der Waals surface area contributed by atoms with Crippen LogP contribution in [0.2, 0.25) is 0 Å². The number of benzene rings is 1. The van der Waals surface area contributed by atoms with Crippen molar-refractivity contribution in [3.63, 3.8) is 0 Å². The number of hydrogen-bond donors (Lipinski definition) is 1. The van der Waals surface area contributed by atoms with Crippen LogP contribution >= 0.6 is 11.8 Å². The molecule has 1 fully saturated rings. The van der Waals surface area contributed by atoms with Gasteiger partial charge in [-0.25, -0.2) is 0 Å². The molecule has 1 aliphatic carbocycles. The van der Waals surface area contributed by atoms with Crippen molar-refractivity contribution in [3.05, 3.63) is 24.3 Å². The van der Waals surface area contributed by atoms with Gasteiger partial charge in [0.05, 0.1) is 0 Å². The molecule has 14 heavy (non-hydrogen) atoms. The Morgan fingerprint density at radius 1 is 1.29 bits per heavy atom. The van der Waals surface area contributed by atoms with E-state index in [0.717, 1.165) is 5.92 Å². The third kappa shape index (κ3) is 2.06. The van der Waals surface area contributed by atoms with Crippen molar-refractivity contribution < 1.29 is 0 Å². The summed E-state index contributed by atoms with van der Waals surface area (Å²) < 4.78 is 0. The van der Waals surface area contributed by atoms with Crippen LogP contribution in [0.3, 0.4) is 0 Å². The van der Waals surface area contributed by atoms with Gasteiger partial charge in [0.15, 0.2) is 0 Å². The summed E-state index contributed by atoms with van der Waals surface area (Å²) in [5, 5.41) is 3.61. The minimum absolute atomic E-state index is 0.707. The van der Waals surface area contributed by atoms with Gasteiger partial charge in [-0.3, -0.25) is 0 Å². The maximum Gasteiger partial charge on any atom is 0.0480 e. The molecule has 0 spiro atoms. The molecule has 1 aliphatic rings. The van der Waals surface area contributed by atoms with Gasteiger partial charge in [0.25, 0.3) is 0 Å². The van der Waals surface area contributed by atoms with Crippen molar-refractivity contribution in [1.29, 1.82) is 0 Å². The first-order chi connectivity index (χ1) is 6.79. The van der Waals surface area contributed by atoms with Crippen LogP contribution < -0.4 is 5.32 Å². The van der Waals surface area contributed by atoms with E-state index in [1.165, 1.54) is 23.4 Å². The summed E-state index contributed by atoms with van der Waals surface area (Å²) >= 11 is 1.81. The quantitative estimate of drug-likeness (QED) is 0.760. The van der Waals surface area contributed by atoms with E-state index in [-0.39, 0.29) is 0 Å². The van der Waals surface area contributed by atoms with Crippen LogP contribution in [0.25, 0.3) is 0 Å². The topological polar surface area (TPSA) is 12.0 Å². The maximum atomic E-state index is 3.61. The Morgan fingerprint density at radius 2 is 2.00 bits per heavy atom. The zero-order valence-corrected chi connectivity index (χ0v) is 9.60. The summed E-state index contributed by atoms with van der Waals surface area (Å²) in [6.45, 7) is 2.32. The van der Waals surface area contributed by atoms with Crippen molar-refractivity contribution >= 4 is 17.4 Å². The monoisotopic (exact) mass is 207 g/mol. The van der Waals surface area contributed by atoms with Gasteiger partial charge in [0.2, 0.25) is 0 Å². The molecule has 0 unspecified atom stereocenters. The number of nitrogens with one attached hydrogen (secondary N) is 1. The molecule has 1 aromatic carbocycles. The zero-order chi connectivity index (χ0) is 9.97. The van der Waals surface area contributed by atoms with E-state index in [1.807, 2.05) is 11.8 Å². The van der Waals surface area contributed by atoms with Crippen molar-refractivity contribution in [2.75, 3.05) is 11.6 Å². The molecule has 0 aliphatic heterocycles. The minimum atomic E-state index is 0.707. The van der Waals surface area contributed by atoms with Gasteiger partial charge in [0.1, 0.15) is 0 Å². The molecule has 0 heterocycles. The van der Waals surface area contributed by atoms with Crippen molar-refractivity contribution in [1.82, 2.24) is 0 Å². The van der Waals surface area contributed by atoms with E-state index in [9.17, 15) is 0 Å². The van der Waals surface area contributed by atoms with Gasteiger partial charge < -0.3 is 5.32 Å². The fraction of sp³-hybridized carbons (Fsp3) is 0.500. The average molecular weight is 207 g/mol. The predicted octanol–water partition coefficient (Wildman–Crippen LogP) is 3.62. The summed E-state index contributed by atoms with van der Waals surface area (Å²) in [4.78, 5) is 1.35. The highest BCUT2D eigenvalue weighted by atomic mass is 32.2. The lowest BCUT2D eigenvalue weighted by Crippen LogP contribution is -2.33. The van der Waals surface area contributed by atoms with Crippen molar-refractivity contribution in [3.8, 4) is 0 Å². The Bertz CT molecular complexity index is 305. The molecular weight excluding hydrogens is 190 g/mol. The highest BCUT2D eigenvalue weighted by Gasteiger charge is 2.25. The molecule has 0 bridgehead atoms. The van der Waals surface area contributed by atoms with E-state index >= 15 is 0 Å². The van der Waals surface area contributed by atoms with Gasteiger partial charge >= 0.3 is 0 Å². The van der Waals surface area contributed by atoms with Gasteiger partial charge in [0, 0.05) is 16.6 Å². The van der Waals surface area contributed by atoms with E-state index < -0.39 is 0 Å². The molecule has 0 saturated heterocycles. The van der Waals surface area contributed by atoms with Crippen LogP contribution in [0.1, 0.15) is 19.8 Å². The number of anilines is 1. The highest BCUT2D eigenvalue weighted by molar-refractivity contribution is 7.98. The molecule has 0 radical (unpaired) electrons. The fourth-order valence-electron chi connectivity index (χ4n) is 2.00. The predicted molar refractivity (Wildman–Crippen MR) is 64.0 cm³/mol. The van der Waals surface area contributed by atoms with Crippen LogP contribution in [0.5, 0.6) is 0 Å². The number of hydrogen-bond acceptors (Lipinski definition) is 2. The summed E-state index contributed by atoms with van der Waals surface area (Å²) in [5.74, 6) is 0.911. The van der Waals surface area contributed by atoms with E-state index in [4.69, 9.17) is 0 Å². The smallest absolute Gasteiger partial charge is 0.0480 e. The molecule has 1 saturated carbocycles.